The van der Waals surface area contributed by atoms with Gasteiger partial charge in [0.2, 0.25) is 0 Å². The summed E-state index contributed by atoms with van der Waals surface area (Å²) in [6.45, 7) is 9.53. The van der Waals surface area contributed by atoms with Crippen molar-refractivity contribution in [2.45, 2.75) is 45.3 Å². The zero-order valence-corrected chi connectivity index (χ0v) is 12.6. The second-order valence-corrected chi connectivity index (χ2v) is 5.93. The Balaban J connectivity index is 2.94. The van der Waals surface area contributed by atoms with E-state index in [1.54, 1.807) is 0 Å². The van der Waals surface area contributed by atoms with Crippen LogP contribution < -0.4 is 5.32 Å². The summed E-state index contributed by atoms with van der Waals surface area (Å²) in [7, 11) is 0. The van der Waals surface area contributed by atoms with Crippen molar-refractivity contribution >= 4 is 0 Å². The number of hydrogen-bond acceptors (Lipinski definition) is 3. The van der Waals surface area contributed by atoms with Crippen LogP contribution >= 0.6 is 0 Å². The third kappa shape index (κ3) is 4.94. The summed E-state index contributed by atoms with van der Waals surface area (Å²) in [5.41, 5.74) is 0.323. The van der Waals surface area contributed by atoms with Gasteiger partial charge < -0.3 is 15.2 Å². The Morgan fingerprint density at radius 3 is 2.26 bits per heavy atom. The molecule has 0 aliphatic carbocycles. The lowest BCUT2D eigenvalue weighted by Crippen LogP contribution is -2.51. The van der Waals surface area contributed by atoms with Gasteiger partial charge in [-0.15, -0.1) is 0 Å². The molecule has 0 aliphatic heterocycles. The van der Waals surface area contributed by atoms with Gasteiger partial charge in [-0.25, -0.2) is 0 Å². The van der Waals surface area contributed by atoms with Crippen molar-refractivity contribution in [2.75, 3.05) is 19.8 Å². The van der Waals surface area contributed by atoms with Crippen LogP contribution in [-0.4, -0.2) is 30.5 Å². The smallest absolute Gasteiger partial charge is 0.0906 e. The van der Waals surface area contributed by atoms with Crippen molar-refractivity contribution in [1.29, 1.82) is 0 Å². The Kier molecular flexibility index (Phi) is 5.98. The van der Waals surface area contributed by atoms with Crippen molar-refractivity contribution in [3.05, 3.63) is 35.9 Å². The van der Waals surface area contributed by atoms with Gasteiger partial charge in [-0.3, -0.25) is 0 Å². The molecule has 3 nitrogen and oxygen atoms in total. The van der Waals surface area contributed by atoms with Crippen LogP contribution in [-0.2, 0) is 10.3 Å². The van der Waals surface area contributed by atoms with Gasteiger partial charge in [0.05, 0.1) is 24.4 Å². The highest BCUT2D eigenvalue weighted by Gasteiger charge is 2.32. The Bertz CT molecular complexity index is 359. The average molecular weight is 265 g/mol. The Morgan fingerprint density at radius 2 is 1.79 bits per heavy atom. The van der Waals surface area contributed by atoms with Gasteiger partial charge in [0, 0.05) is 0 Å². The molecule has 1 aromatic rings. The highest BCUT2D eigenvalue weighted by molar-refractivity contribution is 5.25. The molecule has 0 aliphatic rings. The van der Waals surface area contributed by atoms with E-state index in [4.69, 9.17) is 4.74 Å². The second kappa shape index (κ2) is 7.04. The van der Waals surface area contributed by atoms with Crippen LogP contribution in [0.25, 0.3) is 0 Å². The number of rotatable bonds is 7. The van der Waals surface area contributed by atoms with Gasteiger partial charge >= 0.3 is 0 Å². The molecular weight excluding hydrogens is 238 g/mol. The SMILES string of the molecule is CCCNC(CO)(COC(C)(C)C)c1ccccc1. The Hall–Kier alpha value is -0.900. The van der Waals surface area contributed by atoms with E-state index < -0.39 is 5.54 Å². The summed E-state index contributed by atoms with van der Waals surface area (Å²) < 4.78 is 5.91. The number of ether oxygens (including phenoxy) is 1. The van der Waals surface area contributed by atoms with Crippen LogP contribution in [0.1, 0.15) is 39.7 Å². The van der Waals surface area contributed by atoms with E-state index in [0.29, 0.717) is 6.61 Å². The maximum Gasteiger partial charge on any atom is 0.0906 e. The van der Waals surface area contributed by atoms with Crippen molar-refractivity contribution in [3.63, 3.8) is 0 Å². The molecule has 0 heterocycles. The van der Waals surface area contributed by atoms with Gasteiger partial charge in [-0.05, 0) is 39.3 Å². The van der Waals surface area contributed by atoms with Crippen molar-refractivity contribution in [2.24, 2.45) is 0 Å². The molecule has 108 valence electrons. The first-order chi connectivity index (χ1) is 8.93. The largest absolute Gasteiger partial charge is 0.394 e. The molecular formula is C16H27NO2. The summed E-state index contributed by atoms with van der Waals surface area (Å²) in [5, 5.41) is 13.4. The van der Waals surface area contributed by atoms with Crippen molar-refractivity contribution < 1.29 is 9.84 Å². The van der Waals surface area contributed by atoms with E-state index >= 15 is 0 Å². The Morgan fingerprint density at radius 1 is 1.16 bits per heavy atom. The fourth-order valence-corrected chi connectivity index (χ4v) is 1.89. The third-order valence-electron chi connectivity index (χ3n) is 3.06. The summed E-state index contributed by atoms with van der Waals surface area (Å²) in [6, 6.07) is 10.0. The van der Waals surface area contributed by atoms with Gasteiger partial charge in [-0.1, -0.05) is 37.3 Å². The van der Waals surface area contributed by atoms with E-state index in [1.165, 1.54) is 0 Å². The average Bonchev–Trinajstić information content (AvgIpc) is 2.40. The fraction of sp³-hybridized carbons (Fsp3) is 0.625. The number of aliphatic hydroxyl groups excluding tert-OH is 1. The Labute approximate surface area is 117 Å². The first-order valence-electron chi connectivity index (χ1n) is 6.99. The maximum absolute atomic E-state index is 9.91. The van der Waals surface area contributed by atoms with Crippen LogP contribution in [0, 0.1) is 0 Å². The van der Waals surface area contributed by atoms with E-state index in [9.17, 15) is 5.11 Å². The molecule has 0 amide bonds. The van der Waals surface area contributed by atoms with E-state index in [0.717, 1.165) is 18.5 Å². The van der Waals surface area contributed by atoms with Gasteiger partial charge in [0.15, 0.2) is 0 Å². The molecule has 0 saturated carbocycles. The summed E-state index contributed by atoms with van der Waals surface area (Å²) in [6.07, 6.45) is 1.02. The zero-order chi connectivity index (χ0) is 14.4. The molecule has 1 unspecified atom stereocenters. The monoisotopic (exact) mass is 265 g/mol. The third-order valence-corrected chi connectivity index (χ3v) is 3.06. The van der Waals surface area contributed by atoms with Crippen LogP contribution in [0.15, 0.2) is 30.3 Å². The van der Waals surface area contributed by atoms with E-state index in [1.807, 2.05) is 51.1 Å². The highest BCUT2D eigenvalue weighted by Crippen LogP contribution is 2.23. The molecule has 0 bridgehead atoms. The number of hydrogen-bond donors (Lipinski definition) is 2. The topological polar surface area (TPSA) is 41.5 Å². The first kappa shape index (κ1) is 16.2. The minimum Gasteiger partial charge on any atom is -0.394 e. The molecule has 1 atom stereocenters. The molecule has 1 aromatic carbocycles. The second-order valence-electron chi connectivity index (χ2n) is 5.93. The first-order valence-corrected chi connectivity index (χ1v) is 6.99. The number of benzene rings is 1. The molecule has 0 aromatic heterocycles. The van der Waals surface area contributed by atoms with Gasteiger partial charge in [0.1, 0.15) is 0 Å². The quantitative estimate of drug-likeness (QED) is 0.796. The molecule has 0 spiro atoms. The predicted molar refractivity (Wildman–Crippen MR) is 79.2 cm³/mol. The standard InChI is InChI=1S/C16H27NO2/c1-5-11-17-16(12-18,13-19-15(2,3)4)14-9-7-6-8-10-14/h6-10,17-18H,5,11-13H2,1-4H3. The van der Waals surface area contributed by atoms with Gasteiger partial charge in [-0.2, -0.15) is 0 Å². The molecule has 3 heteroatoms. The summed E-state index contributed by atoms with van der Waals surface area (Å²) in [4.78, 5) is 0. The van der Waals surface area contributed by atoms with Crippen LogP contribution in [0.5, 0.6) is 0 Å². The number of nitrogens with one attached hydrogen (secondary N) is 1. The van der Waals surface area contributed by atoms with Crippen LogP contribution in [0.3, 0.4) is 0 Å². The number of aliphatic hydroxyl groups is 1. The molecule has 19 heavy (non-hydrogen) atoms. The van der Waals surface area contributed by atoms with Crippen molar-refractivity contribution in [3.8, 4) is 0 Å². The van der Waals surface area contributed by atoms with E-state index in [2.05, 4.69) is 12.2 Å². The lowest BCUT2D eigenvalue weighted by molar-refractivity contribution is -0.0511. The maximum atomic E-state index is 9.91. The van der Waals surface area contributed by atoms with Crippen LogP contribution in [0.4, 0.5) is 0 Å². The molecule has 0 fully saturated rings. The van der Waals surface area contributed by atoms with Crippen LogP contribution in [0.2, 0.25) is 0 Å². The summed E-state index contributed by atoms with van der Waals surface area (Å²) >= 11 is 0. The lowest BCUT2D eigenvalue weighted by atomic mass is 9.91. The minimum atomic E-state index is -0.523. The molecule has 0 radical (unpaired) electrons. The molecule has 0 saturated heterocycles. The van der Waals surface area contributed by atoms with Gasteiger partial charge in [0.25, 0.3) is 0 Å². The predicted octanol–water partition coefficient (Wildman–Crippen LogP) is 2.69. The highest BCUT2D eigenvalue weighted by atomic mass is 16.5. The lowest BCUT2D eigenvalue weighted by Gasteiger charge is -2.36. The molecule has 1 rings (SSSR count). The normalized spacial score (nSPS) is 15.2. The van der Waals surface area contributed by atoms with E-state index in [-0.39, 0.29) is 12.2 Å². The summed E-state index contributed by atoms with van der Waals surface area (Å²) in [5.74, 6) is 0. The molecule has 2 N–H and O–H groups in total. The minimum absolute atomic E-state index is 0.0209. The fourth-order valence-electron chi connectivity index (χ4n) is 1.89. The van der Waals surface area contributed by atoms with Crippen molar-refractivity contribution in [1.82, 2.24) is 5.32 Å². The zero-order valence-electron chi connectivity index (χ0n) is 12.6.